The highest BCUT2D eigenvalue weighted by Gasteiger charge is 2.14. The van der Waals surface area contributed by atoms with Gasteiger partial charge in [-0.25, -0.2) is 4.79 Å². The monoisotopic (exact) mass is 390 g/mol. The average Bonchev–Trinajstić information content (AvgIpc) is 2.56. The Morgan fingerprint density at radius 1 is 1.04 bits per heavy atom. The lowest BCUT2D eigenvalue weighted by molar-refractivity contribution is -0.130. The lowest BCUT2D eigenvalue weighted by atomic mass is 10.0. The summed E-state index contributed by atoms with van der Waals surface area (Å²) in [4.78, 5) is 11.7. The fraction of sp³-hybridized carbons (Fsp3) is 0.211. The van der Waals surface area contributed by atoms with Crippen molar-refractivity contribution in [3.05, 3.63) is 58.1 Å². The number of benzene rings is 2. The smallest absolute Gasteiger partial charge is 0.336 e. The Balaban J connectivity index is 2.45. The van der Waals surface area contributed by atoms with Gasteiger partial charge in [-0.1, -0.05) is 34.1 Å². The van der Waals surface area contributed by atoms with Crippen molar-refractivity contribution in [2.75, 3.05) is 13.2 Å². The van der Waals surface area contributed by atoms with E-state index in [4.69, 9.17) is 9.47 Å². The first-order chi connectivity index (χ1) is 11.5. The molecule has 0 radical (unpaired) electrons. The lowest BCUT2D eigenvalue weighted by Gasteiger charge is -2.13. The number of aliphatic carboxylic acids is 1. The molecule has 2 aromatic rings. The molecule has 0 bridgehead atoms. The minimum atomic E-state index is -0.996. The molecule has 0 aliphatic rings. The third-order valence-corrected chi connectivity index (χ3v) is 3.79. The largest absolute Gasteiger partial charge is 0.490 e. The van der Waals surface area contributed by atoms with Crippen molar-refractivity contribution in [3.63, 3.8) is 0 Å². The molecule has 2 aromatic carbocycles. The van der Waals surface area contributed by atoms with E-state index < -0.39 is 5.97 Å². The van der Waals surface area contributed by atoms with Gasteiger partial charge in [-0.05, 0) is 55.3 Å². The highest BCUT2D eigenvalue weighted by atomic mass is 79.9. The zero-order chi connectivity index (χ0) is 17.5. The number of carboxylic acid groups (broad SMARTS) is 1. The van der Waals surface area contributed by atoms with Crippen LogP contribution >= 0.6 is 15.9 Å². The molecule has 2 rings (SSSR count). The van der Waals surface area contributed by atoms with Gasteiger partial charge in [0.25, 0.3) is 0 Å². The van der Waals surface area contributed by atoms with Crippen molar-refractivity contribution in [2.24, 2.45) is 0 Å². The van der Waals surface area contributed by atoms with Gasteiger partial charge in [-0.2, -0.15) is 0 Å². The molecule has 5 heteroatoms. The fourth-order valence-electron chi connectivity index (χ4n) is 2.21. The van der Waals surface area contributed by atoms with Crippen molar-refractivity contribution in [3.8, 4) is 11.5 Å². The molecule has 126 valence electrons. The zero-order valence-corrected chi connectivity index (χ0v) is 15.2. The van der Waals surface area contributed by atoms with Gasteiger partial charge in [0.2, 0.25) is 0 Å². The van der Waals surface area contributed by atoms with Crippen LogP contribution in [0, 0.1) is 0 Å². The summed E-state index contributed by atoms with van der Waals surface area (Å²) in [5, 5.41) is 9.59. The van der Waals surface area contributed by atoms with E-state index in [1.54, 1.807) is 24.3 Å². The second-order valence-corrected chi connectivity index (χ2v) is 5.86. The summed E-state index contributed by atoms with van der Waals surface area (Å²) in [6.45, 7) is 4.75. The Hall–Kier alpha value is -2.27. The molecule has 0 aliphatic heterocycles. The molecule has 0 saturated heterocycles. The summed E-state index contributed by atoms with van der Waals surface area (Å²) >= 11 is 3.37. The van der Waals surface area contributed by atoms with Gasteiger partial charge in [-0.15, -0.1) is 0 Å². The number of hydrogen-bond acceptors (Lipinski definition) is 3. The van der Waals surface area contributed by atoms with Gasteiger partial charge < -0.3 is 14.6 Å². The standard InChI is InChI=1S/C19H19BrO4/c1-3-23-17-10-7-14(12-18(17)24-4-2)16(19(21)22)11-13-5-8-15(20)9-6-13/h5-12H,3-4H2,1-2H3,(H,21,22)/b16-11-. The first-order valence-corrected chi connectivity index (χ1v) is 8.45. The molecule has 0 unspecified atom stereocenters. The maximum Gasteiger partial charge on any atom is 0.336 e. The van der Waals surface area contributed by atoms with E-state index in [1.165, 1.54) is 0 Å². The van der Waals surface area contributed by atoms with Crippen LogP contribution in [-0.2, 0) is 4.79 Å². The number of rotatable bonds is 7. The molecule has 4 nitrogen and oxygen atoms in total. The molecule has 1 N–H and O–H groups in total. The Labute approximate surface area is 149 Å². The maximum atomic E-state index is 11.7. The Kier molecular flexibility index (Phi) is 6.44. The van der Waals surface area contributed by atoms with Gasteiger partial charge in [0.15, 0.2) is 11.5 Å². The van der Waals surface area contributed by atoms with Gasteiger partial charge >= 0.3 is 5.97 Å². The summed E-state index contributed by atoms with van der Waals surface area (Å²) in [5.74, 6) is 0.154. The molecule has 0 fully saturated rings. The quantitative estimate of drug-likeness (QED) is 0.540. The van der Waals surface area contributed by atoms with E-state index in [0.29, 0.717) is 30.3 Å². The van der Waals surface area contributed by atoms with Crippen LogP contribution in [0.1, 0.15) is 25.0 Å². The van der Waals surface area contributed by atoms with Crippen molar-refractivity contribution in [1.82, 2.24) is 0 Å². The van der Waals surface area contributed by atoms with Crippen LogP contribution in [-0.4, -0.2) is 24.3 Å². The molecule has 0 spiro atoms. The predicted molar refractivity (Wildman–Crippen MR) is 98.4 cm³/mol. The Bertz CT molecular complexity index is 736. The SMILES string of the molecule is CCOc1ccc(/C(=C/c2ccc(Br)cc2)C(=O)O)cc1OCC. The first-order valence-electron chi connectivity index (χ1n) is 7.65. The van der Waals surface area contributed by atoms with Crippen LogP contribution in [0.3, 0.4) is 0 Å². The number of carbonyl (C=O) groups is 1. The van der Waals surface area contributed by atoms with Crippen LogP contribution in [0.25, 0.3) is 11.6 Å². The Morgan fingerprint density at radius 3 is 2.25 bits per heavy atom. The van der Waals surface area contributed by atoms with Crippen molar-refractivity contribution >= 4 is 33.5 Å². The zero-order valence-electron chi connectivity index (χ0n) is 13.6. The van der Waals surface area contributed by atoms with E-state index in [-0.39, 0.29) is 5.57 Å². The van der Waals surface area contributed by atoms with Crippen molar-refractivity contribution in [1.29, 1.82) is 0 Å². The summed E-state index contributed by atoms with van der Waals surface area (Å²) < 4.78 is 12.0. The van der Waals surface area contributed by atoms with Crippen LogP contribution in [0.4, 0.5) is 0 Å². The minimum absolute atomic E-state index is 0.196. The number of carboxylic acids is 1. The molecule has 0 saturated carbocycles. The second-order valence-electron chi connectivity index (χ2n) is 4.94. The average molecular weight is 391 g/mol. The number of ether oxygens (including phenoxy) is 2. The third kappa shape index (κ3) is 4.61. The summed E-state index contributed by atoms with van der Waals surface area (Å²) in [7, 11) is 0. The summed E-state index contributed by atoms with van der Waals surface area (Å²) in [6, 6.07) is 12.6. The molecule has 0 atom stereocenters. The maximum absolute atomic E-state index is 11.7. The van der Waals surface area contributed by atoms with E-state index in [2.05, 4.69) is 15.9 Å². The van der Waals surface area contributed by atoms with Gasteiger partial charge in [0.05, 0.1) is 18.8 Å². The number of hydrogen-bond donors (Lipinski definition) is 1. The van der Waals surface area contributed by atoms with E-state index in [9.17, 15) is 9.90 Å². The molecule has 0 amide bonds. The van der Waals surface area contributed by atoms with Gasteiger partial charge in [-0.3, -0.25) is 0 Å². The van der Waals surface area contributed by atoms with E-state index in [1.807, 2.05) is 38.1 Å². The fourth-order valence-corrected chi connectivity index (χ4v) is 2.48. The highest BCUT2D eigenvalue weighted by molar-refractivity contribution is 9.10. The highest BCUT2D eigenvalue weighted by Crippen LogP contribution is 2.32. The molecular weight excluding hydrogens is 372 g/mol. The van der Waals surface area contributed by atoms with Gasteiger partial charge in [0, 0.05) is 4.47 Å². The number of halogens is 1. The molecular formula is C19H19BrO4. The van der Waals surface area contributed by atoms with Crippen LogP contribution < -0.4 is 9.47 Å². The first kappa shape index (κ1) is 18.1. The van der Waals surface area contributed by atoms with E-state index >= 15 is 0 Å². The third-order valence-electron chi connectivity index (χ3n) is 3.27. The van der Waals surface area contributed by atoms with Crippen LogP contribution in [0.5, 0.6) is 11.5 Å². The van der Waals surface area contributed by atoms with Crippen LogP contribution in [0.2, 0.25) is 0 Å². The van der Waals surface area contributed by atoms with E-state index in [0.717, 1.165) is 10.0 Å². The van der Waals surface area contributed by atoms with Crippen LogP contribution in [0.15, 0.2) is 46.9 Å². The van der Waals surface area contributed by atoms with Crippen molar-refractivity contribution < 1.29 is 19.4 Å². The predicted octanol–water partition coefficient (Wildman–Crippen LogP) is 4.87. The summed E-state index contributed by atoms with van der Waals surface area (Å²) in [6.07, 6.45) is 1.64. The van der Waals surface area contributed by atoms with Gasteiger partial charge in [0.1, 0.15) is 0 Å². The molecule has 0 aromatic heterocycles. The minimum Gasteiger partial charge on any atom is -0.490 e. The summed E-state index contributed by atoms with van der Waals surface area (Å²) in [5.41, 5.74) is 1.57. The topological polar surface area (TPSA) is 55.8 Å². The lowest BCUT2D eigenvalue weighted by Crippen LogP contribution is -2.03. The second kappa shape index (κ2) is 8.55. The Morgan fingerprint density at radius 2 is 1.67 bits per heavy atom. The molecule has 0 aliphatic carbocycles. The molecule has 0 heterocycles. The normalized spacial score (nSPS) is 11.2. The van der Waals surface area contributed by atoms with Crippen molar-refractivity contribution in [2.45, 2.75) is 13.8 Å². The molecule has 24 heavy (non-hydrogen) atoms.